The van der Waals surface area contributed by atoms with Gasteiger partial charge in [0, 0.05) is 0 Å². The van der Waals surface area contributed by atoms with Gasteiger partial charge in [0.05, 0.1) is 19.6 Å². The summed E-state index contributed by atoms with van der Waals surface area (Å²) >= 11 is 0. The highest BCUT2D eigenvalue weighted by molar-refractivity contribution is 5.35. The van der Waals surface area contributed by atoms with Gasteiger partial charge in [-0.25, -0.2) is 0 Å². The fraction of sp³-hybridized carbons (Fsp3) is 0.385. The molecule has 1 heterocycles. The van der Waals surface area contributed by atoms with Gasteiger partial charge in [0.25, 0.3) is 0 Å². The lowest BCUT2D eigenvalue weighted by Crippen LogP contribution is -2.02. The van der Waals surface area contributed by atoms with Crippen molar-refractivity contribution in [3.8, 4) is 5.75 Å². The van der Waals surface area contributed by atoms with E-state index in [1.165, 1.54) is 5.56 Å². The summed E-state index contributed by atoms with van der Waals surface area (Å²) in [6.07, 6.45) is 0.584. The van der Waals surface area contributed by atoms with Crippen LogP contribution in [0.15, 0.2) is 22.6 Å². The Kier molecular flexibility index (Phi) is 3.94. The van der Waals surface area contributed by atoms with E-state index < -0.39 is 0 Å². The molecule has 0 fully saturated rings. The highest BCUT2D eigenvalue weighted by atomic mass is 16.5. The van der Waals surface area contributed by atoms with Crippen LogP contribution < -0.4 is 10.5 Å². The molecule has 0 aliphatic heterocycles. The average Bonchev–Trinajstić information content (AvgIpc) is 2.80. The van der Waals surface area contributed by atoms with Gasteiger partial charge < -0.3 is 14.9 Å². The average molecular weight is 247 g/mol. The topological polar surface area (TPSA) is 74.2 Å². The number of benzene rings is 1. The molecule has 18 heavy (non-hydrogen) atoms. The van der Waals surface area contributed by atoms with E-state index in [1.807, 2.05) is 19.1 Å². The fourth-order valence-electron chi connectivity index (χ4n) is 1.68. The normalized spacial score (nSPS) is 10.6. The third-order valence-corrected chi connectivity index (χ3v) is 2.59. The third kappa shape index (κ3) is 3.07. The Hall–Kier alpha value is -1.88. The van der Waals surface area contributed by atoms with Crippen LogP contribution in [-0.2, 0) is 13.0 Å². The van der Waals surface area contributed by atoms with Crippen LogP contribution in [0.5, 0.6) is 5.75 Å². The van der Waals surface area contributed by atoms with E-state index in [0.717, 1.165) is 11.3 Å². The quantitative estimate of drug-likeness (QED) is 0.871. The van der Waals surface area contributed by atoms with E-state index in [-0.39, 0.29) is 6.54 Å². The summed E-state index contributed by atoms with van der Waals surface area (Å²) in [7, 11) is 0. The summed E-state index contributed by atoms with van der Waals surface area (Å²) in [6, 6.07) is 6.10. The first kappa shape index (κ1) is 12.6. The summed E-state index contributed by atoms with van der Waals surface area (Å²) in [6.45, 7) is 4.87. The van der Waals surface area contributed by atoms with E-state index >= 15 is 0 Å². The Morgan fingerprint density at radius 3 is 2.67 bits per heavy atom. The molecule has 5 heteroatoms. The molecule has 0 saturated heterocycles. The number of nitrogens with zero attached hydrogens (tertiary/aromatic N) is 2. The highest BCUT2D eigenvalue weighted by Gasteiger charge is 2.05. The van der Waals surface area contributed by atoms with Crippen LogP contribution >= 0.6 is 0 Å². The van der Waals surface area contributed by atoms with Crippen LogP contribution in [0.4, 0.5) is 0 Å². The van der Waals surface area contributed by atoms with Crippen LogP contribution in [0.1, 0.15) is 22.9 Å². The summed E-state index contributed by atoms with van der Waals surface area (Å²) in [4.78, 5) is 0. The summed E-state index contributed by atoms with van der Waals surface area (Å²) < 4.78 is 11.0. The molecule has 0 bridgehead atoms. The predicted molar refractivity (Wildman–Crippen MR) is 67.3 cm³/mol. The number of aromatic nitrogens is 2. The molecular formula is C13H17N3O2. The molecule has 5 nitrogen and oxygen atoms in total. The monoisotopic (exact) mass is 247 g/mol. The van der Waals surface area contributed by atoms with Crippen LogP contribution in [0.25, 0.3) is 0 Å². The van der Waals surface area contributed by atoms with Gasteiger partial charge in [0.1, 0.15) is 5.75 Å². The Bertz CT molecular complexity index is 523. The number of nitrogens with two attached hydrogens (primary N) is 1. The van der Waals surface area contributed by atoms with E-state index in [1.54, 1.807) is 0 Å². The van der Waals surface area contributed by atoms with Crippen molar-refractivity contribution >= 4 is 0 Å². The van der Waals surface area contributed by atoms with Crippen LogP contribution in [-0.4, -0.2) is 16.8 Å². The van der Waals surface area contributed by atoms with Crippen molar-refractivity contribution in [2.45, 2.75) is 26.8 Å². The van der Waals surface area contributed by atoms with Crippen LogP contribution in [0.2, 0.25) is 0 Å². The maximum absolute atomic E-state index is 5.68. The van der Waals surface area contributed by atoms with E-state index in [9.17, 15) is 0 Å². The number of aryl methyl sites for hydroxylation is 2. The van der Waals surface area contributed by atoms with E-state index in [2.05, 4.69) is 23.2 Å². The molecule has 1 aromatic heterocycles. The van der Waals surface area contributed by atoms with E-state index in [0.29, 0.717) is 24.8 Å². The molecule has 0 aliphatic rings. The second kappa shape index (κ2) is 5.64. The van der Waals surface area contributed by atoms with Crippen molar-refractivity contribution < 1.29 is 9.15 Å². The Labute approximate surface area is 106 Å². The van der Waals surface area contributed by atoms with Gasteiger partial charge in [0.15, 0.2) is 0 Å². The van der Waals surface area contributed by atoms with Crippen LogP contribution in [0, 0.1) is 13.8 Å². The smallest absolute Gasteiger partial charge is 0.230 e. The first-order valence-electron chi connectivity index (χ1n) is 5.90. The second-order valence-corrected chi connectivity index (χ2v) is 4.16. The van der Waals surface area contributed by atoms with Crippen molar-refractivity contribution in [2.24, 2.45) is 5.73 Å². The standard InChI is InChI=1S/C13H17N3O2/c1-9-3-4-11(10(2)7-9)17-6-5-12-15-16-13(8-14)18-12/h3-4,7H,5-6,8,14H2,1-2H3. The van der Waals surface area contributed by atoms with Crippen molar-refractivity contribution in [3.05, 3.63) is 41.1 Å². The first-order valence-corrected chi connectivity index (χ1v) is 5.90. The molecule has 2 aromatic rings. The Balaban J connectivity index is 1.88. The maximum atomic E-state index is 5.68. The lowest BCUT2D eigenvalue weighted by molar-refractivity contribution is 0.302. The minimum atomic E-state index is 0.269. The zero-order valence-corrected chi connectivity index (χ0v) is 10.6. The molecule has 2 N–H and O–H groups in total. The van der Waals surface area contributed by atoms with Crippen molar-refractivity contribution in [3.63, 3.8) is 0 Å². The molecule has 0 aliphatic carbocycles. The molecule has 96 valence electrons. The maximum Gasteiger partial charge on any atom is 0.230 e. The molecule has 0 unspecified atom stereocenters. The number of hydrogen-bond donors (Lipinski definition) is 1. The van der Waals surface area contributed by atoms with Gasteiger partial charge in [0.2, 0.25) is 11.8 Å². The van der Waals surface area contributed by atoms with Gasteiger partial charge in [-0.15, -0.1) is 10.2 Å². The molecule has 1 aromatic carbocycles. The third-order valence-electron chi connectivity index (χ3n) is 2.59. The van der Waals surface area contributed by atoms with Gasteiger partial charge in [-0.3, -0.25) is 0 Å². The van der Waals surface area contributed by atoms with Crippen molar-refractivity contribution in [2.75, 3.05) is 6.61 Å². The number of rotatable bonds is 5. The highest BCUT2D eigenvalue weighted by Crippen LogP contribution is 2.18. The molecule has 2 rings (SSSR count). The molecular weight excluding hydrogens is 230 g/mol. The number of hydrogen-bond acceptors (Lipinski definition) is 5. The summed E-state index contributed by atoms with van der Waals surface area (Å²) in [5.41, 5.74) is 7.74. The molecule has 0 atom stereocenters. The predicted octanol–water partition coefficient (Wildman–Crippen LogP) is 1.77. The first-order chi connectivity index (χ1) is 8.69. The van der Waals surface area contributed by atoms with Gasteiger partial charge >= 0.3 is 0 Å². The Morgan fingerprint density at radius 1 is 1.22 bits per heavy atom. The zero-order valence-electron chi connectivity index (χ0n) is 10.6. The molecule has 0 amide bonds. The van der Waals surface area contributed by atoms with Gasteiger partial charge in [-0.05, 0) is 25.5 Å². The van der Waals surface area contributed by atoms with Gasteiger partial charge in [-0.1, -0.05) is 17.7 Å². The minimum Gasteiger partial charge on any atom is -0.493 e. The lowest BCUT2D eigenvalue weighted by Gasteiger charge is -2.08. The minimum absolute atomic E-state index is 0.269. The second-order valence-electron chi connectivity index (χ2n) is 4.16. The molecule has 0 spiro atoms. The van der Waals surface area contributed by atoms with Crippen molar-refractivity contribution in [1.82, 2.24) is 10.2 Å². The lowest BCUT2D eigenvalue weighted by atomic mass is 10.1. The van der Waals surface area contributed by atoms with Gasteiger partial charge in [-0.2, -0.15) is 0 Å². The van der Waals surface area contributed by atoms with Crippen LogP contribution in [0.3, 0.4) is 0 Å². The number of ether oxygens (including phenoxy) is 1. The van der Waals surface area contributed by atoms with Crippen molar-refractivity contribution in [1.29, 1.82) is 0 Å². The van der Waals surface area contributed by atoms with E-state index in [4.69, 9.17) is 14.9 Å². The summed E-state index contributed by atoms with van der Waals surface area (Å²) in [5.74, 6) is 1.90. The SMILES string of the molecule is Cc1ccc(OCCc2nnc(CN)o2)c(C)c1. The Morgan fingerprint density at radius 2 is 2.00 bits per heavy atom. The summed E-state index contributed by atoms with van der Waals surface area (Å²) in [5, 5.41) is 7.67. The largest absolute Gasteiger partial charge is 0.493 e. The molecule has 0 radical (unpaired) electrons. The molecule has 0 saturated carbocycles. The fourth-order valence-corrected chi connectivity index (χ4v) is 1.68. The zero-order chi connectivity index (χ0) is 13.0.